The first kappa shape index (κ1) is 17.9. The molecule has 1 unspecified atom stereocenters. The van der Waals surface area contributed by atoms with Crippen LogP contribution in [0.3, 0.4) is 0 Å². The SMILES string of the molecule is CC(CN)CCCNc1ccccc1S(=O)(=O)NC(C)C. The fourth-order valence-electron chi connectivity index (χ4n) is 2.01. The van der Waals surface area contributed by atoms with E-state index in [0.29, 0.717) is 23.0 Å². The van der Waals surface area contributed by atoms with Crippen LogP contribution in [-0.2, 0) is 10.0 Å². The van der Waals surface area contributed by atoms with Gasteiger partial charge in [-0.05, 0) is 51.3 Å². The highest BCUT2D eigenvalue weighted by Gasteiger charge is 2.18. The predicted molar refractivity (Wildman–Crippen MR) is 87.8 cm³/mol. The standard InChI is InChI=1S/C15H27N3O2S/c1-12(2)18-21(19,20)15-9-5-4-8-14(15)17-10-6-7-13(3)11-16/h4-5,8-9,12-13,17-18H,6-7,10-11,16H2,1-3H3. The van der Waals surface area contributed by atoms with Crippen molar-refractivity contribution in [1.82, 2.24) is 4.72 Å². The maximum atomic E-state index is 12.3. The molecule has 0 amide bonds. The third-order valence-electron chi connectivity index (χ3n) is 3.16. The van der Waals surface area contributed by atoms with Crippen LogP contribution in [0.1, 0.15) is 33.6 Å². The summed E-state index contributed by atoms with van der Waals surface area (Å²) in [5.41, 5.74) is 6.23. The zero-order valence-corrected chi connectivity index (χ0v) is 13.9. The van der Waals surface area contributed by atoms with Crippen molar-refractivity contribution in [2.24, 2.45) is 11.7 Å². The van der Waals surface area contributed by atoms with Gasteiger partial charge in [-0.2, -0.15) is 0 Å². The van der Waals surface area contributed by atoms with Crippen LogP contribution in [-0.4, -0.2) is 27.5 Å². The van der Waals surface area contributed by atoms with E-state index in [4.69, 9.17) is 5.73 Å². The smallest absolute Gasteiger partial charge is 0.242 e. The summed E-state index contributed by atoms with van der Waals surface area (Å²) in [7, 11) is -3.48. The van der Waals surface area contributed by atoms with Gasteiger partial charge in [0, 0.05) is 12.6 Å². The van der Waals surface area contributed by atoms with Crippen molar-refractivity contribution in [3.63, 3.8) is 0 Å². The highest BCUT2D eigenvalue weighted by molar-refractivity contribution is 7.89. The van der Waals surface area contributed by atoms with Gasteiger partial charge in [0.05, 0.1) is 5.69 Å². The van der Waals surface area contributed by atoms with Crippen molar-refractivity contribution in [1.29, 1.82) is 0 Å². The molecule has 0 saturated carbocycles. The average molecular weight is 313 g/mol. The second-order valence-corrected chi connectivity index (χ2v) is 7.36. The summed E-state index contributed by atoms with van der Waals surface area (Å²) in [6.45, 7) is 7.15. The van der Waals surface area contributed by atoms with E-state index in [9.17, 15) is 8.42 Å². The zero-order valence-electron chi connectivity index (χ0n) is 13.1. The van der Waals surface area contributed by atoms with Gasteiger partial charge < -0.3 is 11.1 Å². The molecule has 0 heterocycles. The highest BCUT2D eigenvalue weighted by atomic mass is 32.2. The largest absolute Gasteiger partial charge is 0.384 e. The zero-order chi connectivity index (χ0) is 15.9. The lowest BCUT2D eigenvalue weighted by molar-refractivity contribution is 0.529. The van der Waals surface area contributed by atoms with Gasteiger partial charge in [-0.15, -0.1) is 0 Å². The summed E-state index contributed by atoms with van der Waals surface area (Å²) in [6, 6.07) is 6.85. The van der Waals surface area contributed by atoms with E-state index in [1.807, 2.05) is 19.9 Å². The van der Waals surface area contributed by atoms with Gasteiger partial charge in [-0.1, -0.05) is 19.1 Å². The van der Waals surface area contributed by atoms with E-state index in [-0.39, 0.29) is 6.04 Å². The lowest BCUT2D eigenvalue weighted by atomic mass is 10.1. The van der Waals surface area contributed by atoms with E-state index >= 15 is 0 Å². The van der Waals surface area contributed by atoms with Crippen molar-refractivity contribution >= 4 is 15.7 Å². The first-order chi connectivity index (χ1) is 9.86. The van der Waals surface area contributed by atoms with Gasteiger partial charge >= 0.3 is 0 Å². The van der Waals surface area contributed by atoms with E-state index in [0.717, 1.165) is 19.4 Å². The highest BCUT2D eigenvalue weighted by Crippen LogP contribution is 2.21. The molecule has 120 valence electrons. The molecule has 0 saturated heterocycles. The maximum absolute atomic E-state index is 12.3. The van der Waals surface area contributed by atoms with E-state index in [1.165, 1.54) is 0 Å². The molecule has 0 radical (unpaired) electrons. The molecule has 4 N–H and O–H groups in total. The Morgan fingerprint density at radius 1 is 1.19 bits per heavy atom. The number of nitrogens with one attached hydrogen (secondary N) is 2. The molecule has 0 aromatic heterocycles. The van der Waals surface area contributed by atoms with Crippen molar-refractivity contribution in [3.8, 4) is 0 Å². The van der Waals surface area contributed by atoms with Gasteiger partial charge in [-0.3, -0.25) is 0 Å². The number of benzene rings is 1. The Hall–Kier alpha value is -1.11. The Bertz CT molecular complexity index is 529. The Kier molecular flexibility index (Phi) is 7.14. The third-order valence-corrected chi connectivity index (χ3v) is 4.88. The summed E-state index contributed by atoms with van der Waals surface area (Å²) in [4.78, 5) is 0.297. The lowest BCUT2D eigenvalue weighted by Gasteiger charge is -2.15. The summed E-state index contributed by atoms with van der Waals surface area (Å²) in [5.74, 6) is 0.494. The molecular weight excluding hydrogens is 286 g/mol. The lowest BCUT2D eigenvalue weighted by Crippen LogP contribution is -2.30. The predicted octanol–water partition coefficient (Wildman–Crippen LogP) is 2.16. The first-order valence-electron chi connectivity index (χ1n) is 7.42. The summed E-state index contributed by atoms with van der Waals surface area (Å²) in [5, 5.41) is 3.21. The van der Waals surface area contributed by atoms with Gasteiger partial charge in [0.15, 0.2) is 0 Å². The Balaban J connectivity index is 2.72. The number of sulfonamides is 1. The normalized spacial score (nSPS) is 13.4. The van der Waals surface area contributed by atoms with Crippen LogP contribution in [0, 0.1) is 5.92 Å². The van der Waals surface area contributed by atoms with Crippen LogP contribution in [0.4, 0.5) is 5.69 Å². The second-order valence-electron chi connectivity index (χ2n) is 5.68. The Labute approximate surface area is 128 Å². The summed E-state index contributed by atoms with van der Waals surface area (Å²) >= 11 is 0. The number of nitrogens with two attached hydrogens (primary N) is 1. The van der Waals surface area contributed by atoms with Gasteiger partial charge in [0.25, 0.3) is 0 Å². The third kappa shape index (κ3) is 6.03. The Morgan fingerprint density at radius 3 is 2.48 bits per heavy atom. The van der Waals surface area contributed by atoms with Crippen LogP contribution >= 0.6 is 0 Å². The molecule has 0 fully saturated rings. The molecule has 1 aromatic carbocycles. The quantitative estimate of drug-likeness (QED) is 0.610. The molecule has 1 atom stereocenters. The monoisotopic (exact) mass is 313 g/mol. The number of anilines is 1. The molecule has 0 bridgehead atoms. The van der Waals surface area contributed by atoms with Gasteiger partial charge in [0.1, 0.15) is 4.90 Å². The van der Waals surface area contributed by atoms with Crippen LogP contribution in [0.2, 0.25) is 0 Å². The number of rotatable bonds is 9. The molecule has 1 aromatic rings. The van der Waals surface area contributed by atoms with Crippen LogP contribution < -0.4 is 15.8 Å². The summed E-state index contributed by atoms with van der Waals surface area (Å²) < 4.78 is 27.2. The minimum atomic E-state index is -3.48. The van der Waals surface area contributed by atoms with E-state index in [2.05, 4.69) is 17.0 Å². The molecule has 0 aliphatic carbocycles. The van der Waals surface area contributed by atoms with Crippen molar-refractivity contribution in [2.75, 3.05) is 18.4 Å². The van der Waals surface area contributed by atoms with Gasteiger partial charge in [0.2, 0.25) is 10.0 Å². The van der Waals surface area contributed by atoms with E-state index in [1.54, 1.807) is 18.2 Å². The molecular formula is C15H27N3O2S. The minimum Gasteiger partial charge on any atom is -0.384 e. The molecule has 21 heavy (non-hydrogen) atoms. The van der Waals surface area contributed by atoms with E-state index < -0.39 is 10.0 Å². The molecule has 1 rings (SSSR count). The van der Waals surface area contributed by atoms with Crippen molar-refractivity contribution < 1.29 is 8.42 Å². The maximum Gasteiger partial charge on any atom is 0.242 e. The van der Waals surface area contributed by atoms with Crippen molar-refractivity contribution in [3.05, 3.63) is 24.3 Å². The molecule has 0 aliphatic heterocycles. The molecule has 0 spiro atoms. The Morgan fingerprint density at radius 2 is 1.86 bits per heavy atom. The first-order valence-corrected chi connectivity index (χ1v) is 8.90. The fraction of sp³-hybridized carbons (Fsp3) is 0.600. The molecule has 5 nitrogen and oxygen atoms in total. The summed E-state index contributed by atoms with van der Waals surface area (Å²) in [6.07, 6.45) is 1.99. The topological polar surface area (TPSA) is 84.2 Å². The number of para-hydroxylation sites is 1. The average Bonchev–Trinajstić information content (AvgIpc) is 2.42. The van der Waals surface area contributed by atoms with Crippen LogP contribution in [0.25, 0.3) is 0 Å². The molecule has 6 heteroatoms. The number of hydrogen-bond acceptors (Lipinski definition) is 4. The fourth-order valence-corrected chi connectivity index (χ4v) is 3.45. The number of hydrogen-bond donors (Lipinski definition) is 3. The van der Waals surface area contributed by atoms with Crippen LogP contribution in [0.15, 0.2) is 29.2 Å². The second kappa shape index (κ2) is 8.36. The molecule has 0 aliphatic rings. The minimum absolute atomic E-state index is 0.131. The van der Waals surface area contributed by atoms with Crippen molar-refractivity contribution in [2.45, 2.75) is 44.6 Å². The van der Waals surface area contributed by atoms with Crippen LogP contribution in [0.5, 0.6) is 0 Å². The van der Waals surface area contributed by atoms with Gasteiger partial charge in [-0.25, -0.2) is 13.1 Å².